The molecule has 1 aliphatic carbocycles. The maximum atomic E-state index is 13.0. The third kappa shape index (κ3) is 2.68. The number of aromatic amines is 1. The fraction of sp³-hybridized carbons (Fsp3) is 0.765. The second-order valence-electron chi connectivity index (χ2n) is 7.13. The molecule has 3 aliphatic rings. The van der Waals surface area contributed by atoms with Gasteiger partial charge in [0.25, 0.3) is 0 Å². The summed E-state index contributed by atoms with van der Waals surface area (Å²) < 4.78 is 5.47. The van der Waals surface area contributed by atoms with E-state index in [-0.39, 0.29) is 17.4 Å². The van der Waals surface area contributed by atoms with Gasteiger partial charge in [0.05, 0.1) is 6.04 Å². The molecule has 0 radical (unpaired) electrons. The van der Waals surface area contributed by atoms with Crippen molar-refractivity contribution >= 4 is 5.91 Å². The van der Waals surface area contributed by atoms with Crippen LogP contribution in [0.15, 0.2) is 12.4 Å². The highest BCUT2D eigenvalue weighted by Crippen LogP contribution is 2.59. The summed E-state index contributed by atoms with van der Waals surface area (Å²) in [6.07, 6.45) is 6.83. The molecule has 4 rings (SSSR count). The molecule has 1 spiro atoms. The predicted molar refractivity (Wildman–Crippen MR) is 85.7 cm³/mol. The summed E-state index contributed by atoms with van der Waals surface area (Å²) in [4.78, 5) is 25.1. The van der Waals surface area contributed by atoms with Crippen molar-refractivity contribution in [3.05, 3.63) is 18.2 Å². The van der Waals surface area contributed by atoms with Crippen molar-refractivity contribution in [2.24, 2.45) is 11.3 Å². The summed E-state index contributed by atoms with van der Waals surface area (Å²) in [5.74, 6) is 1.57. The number of aromatic nitrogens is 2. The molecule has 2 aliphatic heterocycles. The van der Waals surface area contributed by atoms with E-state index in [1.54, 1.807) is 6.20 Å². The number of ether oxygens (including phenoxy) is 1. The van der Waals surface area contributed by atoms with Crippen LogP contribution in [0.3, 0.4) is 0 Å². The Hall–Kier alpha value is -1.40. The Morgan fingerprint density at radius 1 is 1.43 bits per heavy atom. The molecular formula is C17H26N4O2. The minimum atomic E-state index is 0.192. The number of piperazine rings is 1. The van der Waals surface area contributed by atoms with Gasteiger partial charge < -0.3 is 14.6 Å². The Labute approximate surface area is 137 Å². The summed E-state index contributed by atoms with van der Waals surface area (Å²) in [6, 6.07) is 0.192. The third-order valence-electron chi connectivity index (χ3n) is 6.02. The lowest BCUT2D eigenvalue weighted by molar-refractivity contribution is -0.137. The second kappa shape index (κ2) is 5.91. The van der Waals surface area contributed by atoms with Gasteiger partial charge in [-0.3, -0.25) is 9.69 Å². The molecule has 0 bridgehead atoms. The lowest BCUT2D eigenvalue weighted by Gasteiger charge is -2.40. The topological polar surface area (TPSA) is 61.5 Å². The summed E-state index contributed by atoms with van der Waals surface area (Å²) in [5, 5.41) is 0. The fourth-order valence-corrected chi connectivity index (χ4v) is 4.37. The zero-order chi connectivity index (χ0) is 15.9. The number of carbonyl (C=O) groups is 1. The smallest absolute Gasteiger partial charge is 0.226 e. The number of nitrogens with one attached hydrogen (secondary N) is 1. The highest BCUT2D eigenvalue weighted by atomic mass is 16.5. The van der Waals surface area contributed by atoms with E-state index in [9.17, 15) is 4.79 Å². The van der Waals surface area contributed by atoms with E-state index in [4.69, 9.17) is 4.74 Å². The van der Waals surface area contributed by atoms with Crippen LogP contribution in [-0.4, -0.2) is 65.1 Å². The summed E-state index contributed by atoms with van der Waals surface area (Å²) in [6.45, 7) is 7.32. The summed E-state index contributed by atoms with van der Waals surface area (Å²) >= 11 is 0. The summed E-state index contributed by atoms with van der Waals surface area (Å²) in [5.41, 5.74) is 0.261. The number of imidazole rings is 1. The van der Waals surface area contributed by atoms with Crippen molar-refractivity contribution in [2.75, 3.05) is 39.4 Å². The van der Waals surface area contributed by atoms with Gasteiger partial charge >= 0.3 is 0 Å². The molecule has 1 N–H and O–H groups in total. The van der Waals surface area contributed by atoms with Gasteiger partial charge in [0, 0.05) is 51.2 Å². The van der Waals surface area contributed by atoms with E-state index in [1.165, 1.54) is 0 Å². The van der Waals surface area contributed by atoms with Crippen molar-refractivity contribution in [2.45, 2.75) is 32.2 Å². The molecule has 6 nitrogen and oxygen atoms in total. The number of rotatable bonds is 3. The zero-order valence-corrected chi connectivity index (χ0v) is 13.8. The number of hydrogen-bond acceptors (Lipinski definition) is 4. The van der Waals surface area contributed by atoms with Crippen LogP contribution >= 0.6 is 0 Å². The molecule has 1 aromatic rings. The highest BCUT2D eigenvalue weighted by molar-refractivity contribution is 5.83. The third-order valence-corrected chi connectivity index (χ3v) is 6.02. The molecular weight excluding hydrogens is 292 g/mol. The average Bonchev–Trinajstić information content (AvgIpc) is 3.02. The summed E-state index contributed by atoms with van der Waals surface area (Å²) in [7, 11) is 0. The van der Waals surface area contributed by atoms with Gasteiger partial charge in [-0.25, -0.2) is 4.98 Å². The Morgan fingerprint density at radius 3 is 2.96 bits per heavy atom. The maximum absolute atomic E-state index is 13.0. The number of nitrogens with zero attached hydrogens (tertiary/aromatic N) is 3. The molecule has 0 unspecified atom stereocenters. The quantitative estimate of drug-likeness (QED) is 0.916. The number of likely N-dealkylation sites (N-methyl/N-ethyl adjacent to an activating group) is 1. The first-order valence-electron chi connectivity index (χ1n) is 8.83. The minimum absolute atomic E-state index is 0.192. The van der Waals surface area contributed by atoms with Gasteiger partial charge in [0.15, 0.2) is 0 Å². The van der Waals surface area contributed by atoms with Gasteiger partial charge in [0.2, 0.25) is 5.91 Å². The highest BCUT2D eigenvalue weighted by Gasteiger charge is 2.59. The molecule has 2 atom stereocenters. The SMILES string of the molecule is CCN1CCN(C(=O)[C@@H]2CC23CCOCC3)C[C@@H]1c1ncc[nH]1. The number of hydrogen-bond donors (Lipinski definition) is 1. The van der Waals surface area contributed by atoms with Crippen LogP contribution < -0.4 is 0 Å². The molecule has 3 heterocycles. The first-order chi connectivity index (χ1) is 11.2. The van der Waals surface area contributed by atoms with E-state index in [0.29, 0.717) is 5.91 Å². The normalized spacial score (nSPS) is 30.6. The van der Waals surface area contributed by atoms with Crippen LogP contribution in [0.2, 0.25) is 0 Å². The van der Waals surface area contributed by atoms with E-state index in [2.05, 4.69) is 26.7 Å². The number of amides is 1. The standard InChI is InChI=1S/C17H26N4O2/c1-2-20-7-8-21(12-14(20)15-18-5-6-19-15)16(22)13-11-17(13)3-9-23-10-4-17/h5-6,13-14H,2-4,7-12H2,1H3,(H,18,19)/t13-,14+/m0/s1. The monoisotopic (exact) mass is 318 g/mol. The maximum Gasteiger partial charge on any atom is 0.226 e. The minimum Gasteiger partial charge on any atom is -0.381 e. The number of H-pyrrole nitrogens is 1. The molecule has 3 fully saturated rings. The van der Waals surface area contributed by atoms with Crippen molar-refractivity contribution in [1.82, 2.24) is 19.8 Å². The molecule has 2 saturated heterocycles. The van der Waals surface area contributed by atoms with Crippen molar-refractivity contribution in [3.8, 4) is 0 Å². The molecule has 1 aromatic heterocycles. The Kier molecular flexibility index (Phi) is 3.89. The van der Waals surface area contributed by atoms with Gasteiger partial charge in [-0.05, 0) is 31.2 Å². The van der Waals surface area contributed by atoms with Gasteiger partial charge in [0.1, 0.15) is 5.82 Å². The number of carbonyl (C=O) groups excluding carboxylic acids is 1. The van der Waals surface area contributed by atoms with E-state index >= 15 is 0 Å². The first-order valence-corrected chi connectivity index (χ1v) is 8.83. The largest absolute Gasteiger partial charge is 0.381 e. The molecule has 1 saturated carbocycles. The molecule has 6 heteroatoms. The van der Waals surface area contributed by atoms with Crippen molar-refractivity contribution in [1.29, 1.82) is 0 Å². The van der Waals surface area contributed by atoms with Crippen molar-refractivity contribution in [3.63, 3.8) is 0 Å². The van der Waals surface area contributed by atoms with E-state index < -0.39 is 0 Å². The van der Waals surface area contributed by atoms with Crippen LogP contribution in [0.5, 0.6) is 0 Å². The van der Waals surface area contributed by atoms with Crippen molar-refractivity contribution < 1.29 is 9.53 Å². The van der Waals surface area contributed by atoms with Gasteiger partial charge in [-0.2, -0.15) is 0 Å². The molecule has 0 aromatic carbocycles. The Morgan fingerprint density at radius 2 is 2.26 bits per heavy atom. The fourth-order valence-electron chi connectivity index (χ4n) is 4.37. The molecule has 126 valence electrons. The van der Waals surface area contributed by atoms with Crippen LogP contribution in [-0.2, 0) is 9.53 Å². The van der Waals surface area contributed by atoms with Crippen LogP contribution in [0.1, 0.15) is 38.1 Å². The van der Waals surface area contributed by atoms with Gasteiger partial charge in [-0.15, -0.1) is 0 Å². The van der Waals surface area contributed by atoms with E-state index in [1.807, 2.05) is 6.20 Å². The zero-order valence-electron chi connectivity index (χ0n) is 13.8. The van der Waals surface area contributed by atoms with Crippen LogP contribution in [0.4, 0.5) is 0 Å². The second-order valence-corrected chi connectivity index (χ2v) is 7.13. The van der Waals surface area contributed by atoms with Crippen LogP contribution in [0.25, 0.3) is 0 Å². The Balaban J connectivity index is 1.44. The first kappa shape index (κ1) is 15.1. The van der Waals surface area contributed by atoms with Crippen LogP contribution in [0, 0.1) is 11.3 Å². The molecule has 23 heavy (non-hydrogen) atoms. The Bertz CT molecular complexity index is 553. The lowest BCUT2D eigenvalue weighted by Crippen LogP contribution is -2.51. The lowest BCUT2D eigenvalue weighted by atomic mass is 9.93. The van der Waals surface area contributed by atoms with Gasteiger partial charge in [-0.1, -0.05) is 6.92 Å². The average molecular weight is 318 g/mol. The van der Waals surface area contributed by atoms with E-state index in [0.717, 1.165) is 64.5 Å². The molecule has 1 amide bonds. The predicted octanol–water partition coefficient (Wildman–Crippen LogP) is 1.43.